The van der Waals surface area contributed by atoms with Crippen molar-refractivity contribution in [2.45, 2.75) is 13.3 Å². The molecule has 32 heavy (non-hydrogen) atoms. The largest absolute Gasteiger partial charge is 0.492 e. The van der Waals surface area contributed by atoms with Gasteiger partial charge in [0.1, 0.15) is 11.6 Å². The topological polar surface area (TPSA) is 71.5 Å². The maximum absolute atomic E-state index is 13.2. The van der Waals surface area contributed by atoms with Gasteiger partial charge in [0.05, 0.1) is 23.4 Å². The summed E-state index contributed by atoms with van der Waals surface area (Å²) in [6.45, 7) is 3.15. The number of carbonyl (C=O) groups excluding carboxylic acids is 1. The van der Waals surface area contributed by atoms with Crippen LogP contribution in [0.15, 0.2) is 67.1 Å². The molecule has 1 amide bonds. The van der Waals surface area contributed by atoms with E-state index >= 15 is 0 Å². The highest BCUT2D eigenvalue weighted by Crippen LogP contribution is 2.37. The van der Waals surface area contributed by atoms with E-state index in [4.69, 9.17) is 4.74 Å². The summed E-state index contributed by atoms with van der Waals surface area (Å²) < 4.78 is 6.05. The first-order chi connectivity index (χ1) is 15.7. The molecular weight excluding hydrogens is 414 g/mol. The quantitative estimate of drug-likeness (QED) is 0.461. The fourth-order valence-electron chi connectivity index (χ4n) is 4.03. The highest BCUT2D eigenvalue weighted by molar-refractivity contribution is 6.12. The van der Waals surface area contributed by atoms with Gasteiger partial charge in [0.2, 0.25) is 0 Å². The third-order valence-corrected chi connectivity index (χ3v) is 5.67. The summed E-state index contributed by atoms with van der Waals surface area (Å²) in [6, 6.07) is 15.4. The molecule has 1 aliphatic rings. The Hall–Kier alpha value is -4.00. The van der Waals surface area contributed by atoms with E-state index in [0.29, 0.717) is 31.0 Å². The van der Waals surface area contributed by atoms with E-state index < -0.39 is 0 Å². The second-order valence-corrected chi connectivity index (χ2v) is 7.59. The number of benzene rings is 1. The van der Waals surface area contributed by atoms with Crippen LogP contribution in [0, 0.1) is 0 Å². The number of carbonyl (C=O) groups is 1. The van der Waals surface area contributed by atoms with E-state index in [-0.39, 0.29) is 5.91 Å². The van der Waals surface area contributed by atoms with Gasteiger partial charge in [0.25, 0.3) is 5.91 Å². The molecule has 1 aromatic carbocycles. The number of para-hydroxylation sites is 1. The lowest BCUT2D eigenvalue weighted by molar-refractivity contribution is 0.0994. The van der Waals surface area contributed by atoms with Crippen LogP contribution in [-0.2, 0) is 6.42 Å². The summed E-state index contributed by atoms with van der Waals surface area (Å²) in [6.07, 6.45) is 5.93. The molecule has 0 atom stereocenters. The van der Waals surface area contributed by atoms with Crippen LogP contribution in [0.3, 0.4) is 0 Å². The van der Waals surface area contributed by atoms with Crippen LogP contribution in [0.25, 0.3) is 10.9 Å². The first-order valence-electron chi connectivity index (χ1n) is 10.6. The average Bonchev–Trinajstić information content (AvgIpc) is 2.92. The Morgan fingerprint density at radius 3 is 2.88 bits per heavy atom. The van der Waals surface area contributed by atoms with Crippen LogP contribution in [0.1, 0.15) is 22.8 Å². The van der Waals surface area contributed by atoms with Crippen LogP contribution < -0.4 is 14.5 Å². The van der Waals surface area contributed by atoms with E-state index in [1.165, 1.54) is 0 Å². The average molecular weight is 437 g/mol. The van der Waals surface area contributed by atoms with Crippen molar-refractivity contribution >= 4 is 34.1 Å². The fourth-order valence-corrected chi connectivity index (χ4v) is 4.03. The summed E-state index contributed by atoms with van der Waals surface area (Å²) in [4.78, 5) is 30.4. The molecule has 7 nitrogen and oxygen atoms in total. The van der Waals surface area contributed by atoms with Gasteiger partial charge < -0.3 is 14.5 Å². The van der Waals surface area contributed by atoms with Gasteiger partial charge in [0.15, 0.2) is 5.82 Å². The molecule has 4 aromatic rings. The normalized spacial score (nSPS) is 13.0. The molecule has 0 radical (unpaired) electrons. The SMILES string of the molecule is CCN1c2ncc(CCOc3ccn[14c]4[14cH][14cH][14cH][14cH][14c]34)cc2C(=O)N(C)c2cccnc21. The summed E-state index contributed by atoms with van der Waals surface area (Å²) >= 11 is 0. The smallest absolute Gasteiger partial charge is 0.261 e. The van der Waals surface area contributed by atoms with Gasteiger partial charge in [-0.15, -0.1) is 0 Å². The lowest BCUT2D eigenvalue weighted by Gasteiger charge is -2.22. The number of ether oxygens (including phenoxy) is 1. The lowest BCUT2D eigenvalue weighted by Crippen LogP contribution is -2.25. The second kappa shape index (κ2) is 8.26. The number of hydrogen-bond donors (Lipinski definition) is 0. The minimum atomic E-state index is -0.0967. The van der Waals surface area contributed by atoms with Crippen LogP contribution in [0.4, 0.5) is 17.3 Å². The molecule has 5 rings (SSSR count). The number of rotatable bonds is 5. The highest BCUT2D eigenvalue weighted by Gasteiger charge is 2.30. The van der Waals surface area contributed by atoms with E-state index in [9.17, 15) is 4.79 Å². The second-order valence-electron chi connectivity index (χ2n) is 7.59. The van der Waals surface area contributed by atoms with E-state index in [1.807, 2.05) is 66.6 Å². The number of nitrogens with zero attached hydrogens (tertiary/aromatic N) is 5. The van der Waals surface area contributed by atoms with Crippen molar-refractivity contribution in [3.63, 3.8) is 0 Å². The molecule has 0 bridgehead atoms. The van der Waals surface area contributed by atoms with Gasteiger partial charge in [-0.25, -0.2) is 9.97 Å². The monoisotopic (exact) mass is 437 g/mol. The van der Waals surface area contributed by atoms with E-state index in [0.717, 1.165) is 33.7 Å². The molecule has 160 valence electrons. The molecule has 1 aliphatic heterocycles. The maximum Gasteiger partial charge on any atom is 0.261 e. The molecule has 0 unspecified atom stereocenters. The van der Waals surface area contributed by atoms with Gasteiger partial charge in [-0.3, -0.25) is 9.78 Å². The Bertz CT molecular complexity index is 1300. The number of hydrogen-bond acceptors (Lipinski definition) is 6. The molecule has 0 fully saturated rings. The van der Waals surface area contributed by atoms with Gasteiger partial charge in [-0.2, -0.15) is 0 Å². The van der Waals surface area contributed by atoms with Crippen LogP contribution in [0.2, 0.25) is 0 Å². The molecule has 0 saturated carbocycles. The van der Waals surface area contributed by atoms with E-state index in [1.54, 1.807) is 24.3 Å². The number of fused-ring (bicyclic) bond motifs is 3. The lowest BCUT2D eigenvalue weighted by atomic mass is 10.1. The fraction of sp³-hybridized carbons (Fsp3) is 0.200. The van der Waals surface area contributed by atoms with Crippen molar-refractivity contribution in [1.29, 1.82) is 0 Å². The molecule has 0 N–H and O–H groups in total. The number of aromatic nitrogens is 3. The zero-order chi connectivity index (χ0) is 22.1. The third-order valence-electron chi connectivity index (χ3n) is 5.67. The molecule has 0 saturated heterocycles. The first-order valence-corrected chi connectivity index (χ1v) is 10.6. The maximum atomic E-state index is 13.2. The first kappa shape index (κ1) is 19.9. The van der Waals surface area contributed by atoms with Gasteiger partial charge in [0, 0.05) is 44.0 Å². The number of pyridine rings is 3. The summed E-state index contributed by atoms with van der Waals surface area (Å²) in [5, 5.41) is 0.982. The van der Waals surface area contributed by atoms with Crippen LogP contribution >= 0.6 is 0 Å². The predicted octanol–water partition coefficient (Wildman–Crippen LogP) is 4.39. The molecular formula is C25H23N5O2. The van der Waals surface area contributed by atoms with Crippen molar-refractivity contribution in [3.05, 3.63) is 78.2 Å². The molecule has 0 spiro atoms. The van der Waals surface area contributed by atoms with Crippen molar-refractivity contribution in [3.8, 4) is 5.75 Å². The Labute approximate surface area is 186 Å². The third kappa shape index (κ3) is 3.41. The van der Waals surface area contributed by atoms with Gasteiger partial charge >= 0.3 is 0 Å². The molecule has 4 heterocycles. The summed E-state index contributed by atoms with van der Waals surface area (Å²) in [5.74, 6) is 2.07. The van der Waals surface area contributed by atoms with Crippen molar-refractivity contribution in [1.82, 2.24) is 15.0 Å². The van der Waals surface area contributed by atoms with Crippen molar-refractivity contribution < 1.29 is 9.53 Å². The number of amides is 1. The molecule has 7 heteroatoms. The van der Waals surface area contributed by atoms with Crippen molar-refractivity contribution in [2.24, 2.45) is 0 Å². The van der Waals surface area contributed by atoms with Gasteiger partial charge in [-0.1, -0.05) is 12.1 Å². The molecule has 0 aliphatic carbocycles. The zero-order valence-electron chi connectivity index (χ0n) is 18.0. The molecule has 3 aromatic heterocycles. The van der Waals surface area contributed by atoms with Crippen molar-refractivity contribution in [2.75, 3.05) is 30.0 Å². The minimum absolute atomic E-state index is 0.0967. The predicted molar refractivity (Wildman–Crippen MR) is 125 cm³/mol. The Kier molecular flexibility index (Phi) is 5.15. The number of anilines is 3. The van der Waals surface area contributed by atoms with E-state index in [2.05, 4.69) is 15.0 Å². The Balaban J connectivity index is 1.41. The summed E-state index contributed by atoms with van der Waals surface area (Å²) in [7, 11) is 1.77. The van der Waals surface area contributed by atoms with Crippen LogP contribution in [0.5, 0.6) is 5.75 Å². The Morgan fingerprint density at radius 1 is 1.12 bits per heavy atom. The Morgan fingerprint density at radius 2 is 2.00 bits per heavy atom. The van der Waals surface area contributed by atoms with Crippen LogP contribution in [-0.4, -0.2) is 41.1 Å². The summed E-state index contributed by atoms with van der Waals surface area (Å²) in [5.41, 5.74) is 3.18. The van der Waals surface area contributed by atoms with Gasteiger partial charge in [-0.05, 0) is 48.9 Å². The minimum Gasteiger partial charge on any atom is -0.492 e. The zero-order valence-corrected chi connectivity index (χ0v) is 18.0. The standard InChI is InChI=1S/C25H23N5O2/c1-3-30-23-19(25(31)29(2)21-9-6-12-27-24(21)30)15-17(16-28-23)11-14-32-22-10-13-26-20-8-5-4-7-18(20)22/h4-10,12-13,15-16H,3,11,14H2,1-2H3/i4+2,5+2,7+2,8+2,18+2,20+2. The highest BCUT2D eigenvalue weighted by atomic mass is 16.5.